The van der Waals surface area contributed by atoms with Crippen molar-refractivity contribution in [3.8, 4) is 0 Å². The molecule has 0 saturated heterocycles. The van der Waals surface area contributed by atoms with Gasteiger partial charge < -0.3 is 9.47 Å². The van der Waals surface area contributed by atoms with Crippen molar-refractivity contribution in [1.29, 1.82) is 0 Å². The first-order valence-corrected chi connectivity index (χ1v) is 5.58. The van der Waals surface area contributed by atoms with Crippen LogP contribution in [0.2, 0.25) is 0 Å². The average molecular weight is 224 g/mol. The first-order valence-electron chi connectivity index (χ1n) is 5.58. The molecular formula is C13H20O3. The van der Waals surface area contributed by atoms with Crippen molar-refractivity contribution in [1.82, 2.24) is 0 Å². The van der Waals surface area contributed by atoms with Gasteiger partial charge in [0.05, 0.1) is 19.3 Å². The van der Waals surface area contributed by atoms with Crippen LogP contribution >= 0.6 is 0 Å². The van der Waals surface area contributed by atoms with Gasteiger partial charge in [-0.05, 0) is 31.9 Å². The highest BCUT2D eigenvalue weighted by molar-refractivity contribution is 5.71. The lowest BCUT2D eigenvalue weighted by Crippen LogP contribution is -2.15. The number of allylic oxidation sites excluding steroid dienone is 3. The van der Waals surface area contributed by atoms with Crippen LogP contribution in [0.1, 0.15) is 40.0 Å². The Labute approximate surface area is 97.1 Å². The Balaban J connectivity index is 2.80. The number of esters is 1. The fraction of sp³-hybridized carbons (Fsp3) is 0.615. The van der Waals surface area contributed by atoms with Gasteiger partial charge in [-0.25, -0.2) is 0 Å². The van der Waals surface area contributed by atoms with Crippen molar-refractivity contribution in [2.45, 2.75) is 40.0 Å². The smallest absolute Gasteiger partial charge is 0.309 e. The van der Waals surface area contributed by atoms with Gasteiger partial charge in [0.25, 0.3) is 0 Å². The summed E-state index contributed by atoms with van der Waals surface area (Å²) in [6.07, 6.45) is 6.21. The second-order valence-corrected chi connectivity index (χ2v) is 4.69. The summed E-state index contributed by atoms with van der Waals surface area (Å²) >= 11 is 0. The molecule has 0 saturated carbocycles. The maximum atomic E-state index is 11.1. The summed E-state index contributed by atoms with van der Waals surface area (Å²) in [7, 11) is 1.39. The van der Waals surface area contributed by atoms with Crippen LogP contribution in [0.4, 0.5) is 0 Å². The van der Waals surface area contributed by atoms with Crippen molar-refractivity contribution in [3.63, 3.8) is 0 Å². The molecule has 1 aliphatic rings. The highest BCUT2D eigenvalue weighted by atomic mass is 16.5. The molecule has 16 heavy (non-hydrogen) atoms. The zero-order chi connectivity index (χ0) is 12.2. The van der Waals surface area contributed by atoms with E-state index in [9.17, 15) is 4.79 Å². The Morgan fingerprint density at radius 3 is 2.94 bits per heavy atom. The minimum Gasteiger partial charge on any atom is -0.469 e. The predicted octanol–water partition coefficient (Wildman–Crippen LogP) is 3.17. The van der Waals surface area contributed by atoms with E-state index in [4.69, 9.17) is 4.74 Å². The van der Waals surface area contributed by atoms with E-state index in [1.807, 2.05) is 13.0 Å². The molecular weight excluding hydrogens is 204 g/mol. The van der Waals surface area contributed by atoms with E-state index < -0.39 is 0 Å². The fourth-order valence-electron chi connectivity index (χ4n) is 1.69. The van der Waals surface area contributed by atoms with Crippen molar-refractivity contribution < 1.29 is 14.3 Å². The highest BCUT2D eigenvalue weighted by Crippen LogP contribution is 2.36. The maximum absolute atomic E-state index is 11.1. The second kappa shape index (κ2) is 5.19. The fourth-order valence-corrected chi connectivity index (χ4v) is 1.69. The molecule has 1 heterocycles. The van der Waals surface area contributed by atoms with Gasteiger partial charge in [-0.2, -0.15) is 0 Å². The van der Waals surface area contributed by atoms with E-state index in [0.717, 1.165) is 24.4 Å². The molecule has 90 valence electrons. The number of rotatable bonds is 2. The molecule has 1 rings (SSSR count). The highest BCUT2D eigenvalue weighted by Gasteiger charge is 2.27. The second-order valence-electron chi connectivity index (χ2n) is 4.69. The summed E-state index contributed by atoms with van der Waals surface area (Å²) in [6, 6.07) is 0. The third-order valence-corrected chi connectivity index (χ3v) is 2.82. The zero-order valence-electron chi connectivity index (χ0n) is 10.5. The Morgan fingerprint density at radius 2 is 2.31 bits per heavy atom. The molecule has 3 nitrogen and oxygen atoms in total. The molecule has 0 aliphatic carbocycles. The molecule has 0 amide bonds. The van der Waals surface area contributed by atoms with E-state index in [0.29, 0.717) is 0 Å². The number of carbonyl (C=O) groups excluding carboxylic acids is 1. The minimum absolute atomic E-state index is 0.0255. The van der Waals surface area contributed by atoms with E-state index >= 15 is 0 Å². The number of carbonyl (C=O) groups is 1. The first kappa shape index (κ1) is 12.8. The number of hydrogen-bond donors (Lipinski definition) is 0. The van der Waals surface area contributed by atoms with E-state index in [2.05, 4.69) is 24.7 Å². The molecule has 0 fully saturated rings. The summed E-state index contributed by atoms with van der Waals surface area (Å²) in [5, 5.41) is 0. The molecule has 0 unspecified atom stereocenters. The van der Waals surface area contributed by atoms with Crippen LogP contribution in [0.3, 0.4) is 0 Å². The van der Waals surface area contributed by atoms with Crippen LogP contribution in [0.15, 0.2) is 23.7 Å². The maximum Gasteiger partial charge on any atom is 0.309 e. The monoisotopic (exact) mass is 224 g/mol. The van der Waals surface area contributed by atoms with Crippen LogP contribution in [0.5, 0.6) is 0 Å². The van der Waals surface area contributed by atoms with Crippen LogP contribution in [0.25, 0.3) is 0 Å². The number of hydrogen-bond acceptors (Lipinski definition) is 3. The minimum atomic E-state index is -0.238. The van der Waals surface area contributed by atoms with Crippen LogP contribution < -0.4 is 0 Å². The SMILES string of the molecule is COC(=O)CC=C1OC(C)=CCCC1(C)C. The molecule has 0 radical (unpaired) electrons. The average Bonchev–Trinajstić information content (AvgIpc) is 2.34. The van der Waals surface area contributed by atoms with E-state index in [-0.39, 0.29) is 17.8 Å². The van der Waals surface area contributed by atoms with Gasteiger partial charge >= 0.3 is 5.97 Å². The van der Waals surface area contributed by atoms with Gasteiger partial charge in [0, 0.05) is 5.41 Å². The molecule has 0 spiro atoms. The molecule has 0 aromatic carbocycles. The molecule has 0 N–H and O–H groups in total. The van der Waals surface area contributed by atoms with E-state index in [1.54, 1.807) is 0 Å². The van der Waals surface area contributed by atoms with Crippen molar-refractivity contribution in [2.75, 3.05) is 7.11 Å². The Hall–Kier alpha value is -1.25. The van der Waals surface area contributed by atoms with E-state index in [1.165, 1.54) is 7.11 Å². The van der Waals surface area contributed by atoms with Gasteiger partial charge in [-0.1, -0.05) is 13.8 Å². The third kappa shape index (κ3) is 3.40. The predicted molar refractivity (Wildman–Crippen MR) is 62.6 cm³/mol. The summed E-state index contributed by atoms with van der Waals surface area (Å²) in [5.41, 5.74) is -0.0255. The summed E-state index contributed by atoms with van der Waals surface area (Å²) in [4.78, 5) is 11.1. The van der Waals surface area contributed by atoms with Crippen molar-refractivity contribution >= 4 is 5.97 Å². The van der Waals surface area contributed by atoms with Gasteiger partial charge in [-0.15, -0.1) is 0 Å². The third-order valence-electron chi connectivity index (χ3n) is 2.82. The lowest BCUT2D eigenvalue weighted by molar-refractivity contribution is -0.139. The van der Waals surface area contributed by atoms with Gasteiger partial charge in [0.15, 0.2) is 0 Å². The summed E-state index contributed by atoms with van der Waals surface area (Å²) in [6.45, 7) is 6.19. The number of ether oxygens (including phenoxy) is 2. The van der Waals surface area contributed by atoms with Crippen LogP contribution in [0, 0.1) is 5.41 Å². The topological polar surface area (TPSA) is 35.5 Å². The van der Waals surface area contributed by atoms with Crippen molar-refractivity contribution in [3.05, 3.63) is 23.7 Å². The Morgan fingerprint density at radius 1 is 1.62 bits per heavy atom. The standard InChI is InChI=1S/C13H20O3/c1-10-6-5-9-13(2,3)11(16-10)7-8-12(14)15-4/h6-7H,5,8-9H2,1-4H3. The quantitative estimate of drug-likeness (QED) is 0.676. The normalized spacial score (nSPS) is 22.0. The molecule has 3 heteroatoms. The largest absolute Gasteiger partial charge is 0.469 e. The van der Waals surface area contributed by atoms with Gasteiger partial charge in [0.1, 0.15) is 5.76 Å². The van der Waals surface area contributed by atoms with Crippen molar-refractivity contribution in [2.24, 2.45) is 5.41 Å². The summed E-state index contributed by atoms with van der Waals surface area (Å²) < 4.78 is 10.3. The number of methoxy groups -OCH3 is 1. The Bertz CT molecular complexity index is 324. The molecule has 0 bridgehead atoms. The Kier molecular flexibility index (Phi) is 4.16. The van der Waals surface area contributed by atoms with Crippen LogP contribution in [-0.4, -0.2) is 13.1 Å². The lowest BCUT2D eigenvalue weighted by atomic mass is 9.85. The van der Waals surface area contributed by atoms with Gasteiger partial charge in [-0.3, -0.25) is 4.79 Å². The lowest BCUT2D eigenvalue weighted by Gasteiger charge is -2.25. The summed E-state index contributed by atoms with van der Waals surface area (Å²) in [5.74, 6) is 1.53. The van der Waals surface area contributed by atoms with Crippen LogP contribution in [-0.2, 0) is 14.3 Å². The van der Waals surface area contributed by atoms with Gasteiger partial charge in [0.2, 0.25) is 0 Å². The molecule has 1 aliphatic heterocycles. The first-order chi connectivity index (χ1) is 7.45. The zero-order valence-corrected chi connectivity index (χ0v) is 10.5. The molecule has 0 atom stereocenters. The molecule has 0 aromatic heterocycles. The molecule has 0 aromatic rings.